The van der Waals surface area contributed by atoms with Gasteiger partial charge in [0.15, 0.2) is 0 Å². The van der Waals surface area contributed by atoms with E-state index >= 15 is 0 Å². The fourth-order valence-corrected chi connectivity index (χ4v) is 3.59. The molecule has 0 heterocycles. The van der Waals surface area contributed by atoms with E-state index in [9.17, 15) is 9.18 Å². The molecule has 0 spiro atoms. The van der Waals surface area contributed by atoms with Gasteiger partial charge in [-0.25, -0.2) is 4.39 Å². The zero-order valence-electron chi connectivity index (χ0n) is 13.5. The van der Waals surface area contributed by atoms with Gasteiger partial charge < -0.3 is 5.32 Å². The minimum Gasteiger partial charge on any atom is -0.326 e. The van der Waals surface area contributed by atoms with Crippen LogP contribution >= 0.6 is 11.6 Å². The number of halogens is 2. The Balaban J connectivity index is 1.49. The molecule has 1 amide bonds. The van der Waals surface area contributed by atoms with Crippen LogP contribution in [0.5, 0.6) is 0 Å². The van der Waals surface area contributed by atoms with Crippen molar-refractivity contribution in [2.75, 3.05) is 5.32 Å². The minimum atomic E-state index is -0.516. The highest BCUT2D eigenvalue weighted by Gasteiger charge is 2.24. The van der Waals surface area contributed by atoms with E-state index in [-0.39, 0.29) is 10.9 Å². The van der Waals surface area contributed by atoms with Gasteiger partial charge >= 0.3 is 0 Å². The normalized spacial score (nSPS) is 20.6. The number of carbonyl (C=O) groups is 1. The van der Waals surface area contributed by atoms with Gasteiger partial charge in [-0.3, -0.25) is 4.79 Å². The third-order valence-corrected chi connectivity index (χ3v) is 5.10. The van der Waals surface area contributed by atoms with Crippen molar-refractivity contribution in [2.45, 2.75) is 38.0 Å². The van der Waals surface area contributed by atoms with Gasteiger partial charge in [0.1, 0.15) is 5.82 Å². The molecule has 2 aromatic rings. The molecule has 0 aliphatic heterocycles. The third kappa shape index (κ3) is 4.35. The molecule has 3 rings (SSSR count). The van der Waals surface area contributed by atoms with Crippen molar-refractivity contribution in [1.29, 1.82) is 0 Å². The summed E-state index contributed by atoms with van der Waals surface area (Å²) in [6.45, 7) is 0. The van der Waals surface area contributed by atoms with E-state index in [1.54, 1.807) is 6.07 Å². The second-order valence-electron chi connectivity index (χ2n) is 6.51. The van der Waals surface area contributed by atoms with Crippen LogP contribution in [-0.4, -0.2) is 5.91 Å². The number of anilines is 1. The maximum absolute atomic E-state index is 13.4. The molecule has 0 unspecified atom stereocenters. The van der Waals surface area contributed by atoms with Crippen LogP contribution < -0.4 is 5.32 Å². The smallest absolute Gasteiger partial charge is 0.224 e. The van der Waals surface area contributed by atoms with Crippen LogP contribution in [0.3, 0.4) is 0 Å². The predicted octanol–water partition coefficient (Wildman–Crippen LogP) is 5.78. The molecule has 1 saturated carbocycles. The summed E-state index contributed by atoms with van der Waals surface area (Å²) < 4.78 is 13.4. The fraction of sp³-hybridized carbons (Fsp3) is 0.350. The van der Waals surface area contributed by atoms with Crippen molar-refractivity contribution in [1.82, 2.24) is 0 Å². The number of benzene rings is 2. The topological polar surface area (TPSA) is 29.1 Å². The van der Waals surface area contributed by atoms with Crippen molar-refractivity contribution < 1.29 is 9.18 Å². The van der Waals surface area contributed by atoms with E-state index in [0.29, 0.717) is 23.9 Å². The van der Waals surface area contributed by atoms with Gasteiger partial charge in [-0.2, -0.15) is 0 Å². The summed E-state index contributed by atoms with van der Waals surface area (Å²) in [4.78, 5) is 12.2. The highest BCUT2D eigenvalue weighted by atomic mass is 35.5. The fourth-order valence-electron chi connectivity index (χ4n) is 3.47. The first-order valence-electron chi connectivity index (χ1n) is 8.41. The summed E-state index contributed by atoms with van der Waals surface area (Å²) in [5.41, 5.74) is 1.86. The zero-order valence-corrected chi connectivity index (χ0v) is 14.2. The molecule has 0 aromatic heterocycles. The van der Waals surface area contributed by atoms with Crippen molar-refractivity contribution in [2.24, 2.45) is 5.92 Å². The van der Waals surface area contributed by atoms with Crippen LogP contribution in [0.15, 0.2) is 48.5 Å². The first kappa shape index (κ1) is 17.0. The average Bonchev–Trinajstić information content (AvgIpc) is 2.59. The Bertz CT molecular complexity index is 696. The lowest BCUT2D eigenvalue weighted by atomic mass is 9.77. The van der Waals surface area contributed by atoms with Gasteiger partial charge in [0.2, 0.25) is 5.91 Å². The maximum atomic E-state index is 13.4. The van der Waals surface area contributed by atoms with Gasteiger partial charge in [-0.15, -0.1) is 0 Å². The molecule has 1 N–H and O–H groups in total. The summed E-state index contributed by atoms with van der Waals surface area (Å²) in [6.07, 6.45) is 4.85. The Hall–Kier alpha value is -1.87. The highest BCUT2D eigenvalue weighted by Crippen LogP contribution is 2.37. The average molecular weight is 346 g/mol. The number of hydrogen-bond donors (Lipinski definition) is 1. The monoisotopic (exact) mass is 345 g/mol. The van der Waals surface area contributed by atoms with E-state index in [1.165, 1.54) is 17.7 Å². The standard InChI is InChI=1S/C20H21ClFNO/c21-18-11-10-17(13-19(18)22)23-20(24)12-14-6-8-16(9-7-14)15-4-2-1-3-5-15/h1-5,10-11,13-14,16H,6-9,12H2,(H,23,24)/t14-,16-. The van der Waals surface area contributed by atoms with E-state index < -0.39 is 5.82 Å². The number of hydrogen-bond acceptors (Lipinski definition) is 1. The Labute approximate surface area is 147 Å². The lowest BCUT2D eigenvalue weighted by Gasteiger charge is -2.28. The van der Waals surface area contributed by atoms with Crippen LogP contribution in [-0.2, 0) is 4.79 Å². The molecule has 0 radical (unpaired) electrons. The van der Waals surface area contributed by atoms with E-state index in [2.05, 4.69) is 29.6 Å². The minimum absolute atomic E-state index is 0.0557. The lowest BCUT2D eigenvalue weighted by Crippen LogP contribution is -2.20. The second-order valence-corrected chi connectivity index (χ2v) is 6.92. The second kappa shape index (κ2) is 7.80. The van der Waals surface area contributed by atoms with Crippen LogP contribution in [0.1, 0.15) is 43.6 Å². The Morgan fingerprint density at radius 2 is 1.79 bits per heavy atom. The summed E-state index contributed by atoms with van der Waals surface area (Å²) in [7, 11) is 0. The molecule has 1 aliphatic carbocycles. The summed E-state index contributed by atoms with van der Waals surface area (Å²) in [5, 5.41) is 2.82. The van der Waals surface area contributed by atoms with Gasteiger partial charge in [0, 0.05) is 12.1 Å². The van der Waals surface area contributed by atoms with Crippen molar-refractivity contribution in [3.05, 3.63) is 64.9 Å². The maximum Gasteiger partial charge on any atom is 0.224 e. The first-order chi connectivity index (χ1) is 11.6. The van der Waals surface area contributed by atoms with E-state index in [0.717, 1.165) is 25.7 Å². The first-order valence-corrected chi connectivity index (χ1v) is 8.79. The van der Waals surface area contributed by atoms with Gasteiger partial charge in [-0.1, -0.05) is 41.9 Å². The van der Waals surface area contributed by atoms with Gasteiger partial charge in [0.25, 0.3) is 0 Å². The molecular formula is C20H21ClFNO. The molecule has 126 valence electrons. The Kier molecular flexibility index (Phi) is 5.52. The van der Waals surface area contributed by atoms with Gasteiger partial charge in [0.05, 0.1) is 5.02 Å². The molecule has 0 bridgehead atoms. The third-order valence-electron chi connectivity index (χ3n) is 4.80. The molecule has 24 heavy (non-hydrogen) atoms. The largest absolute Gasteiger partial charge is 0.326 e. The highest BCUT2D eigenvalue weighted by molar-refractivity contribution is 6.30. The number of rotatable bonds is 4. The van der Waals surface area contributed by atoms with E-state index in [1.807, 2.05) is 6.07 Å². The SMILES string of the molecule is O=C(C[C@H]1CC[C@H](c2ccccc2)CC1)Nc1ccc(Cl)c(F)c1. The number of nitrogens with one attached hydrogen (secondary N) is 1. The molecule has 1 aliphatic rings. The predicted molar refractivity (Wildman–Crippen MR) is 95.8 cm³/mol. The summed E-state index contributed by atoms with van der Waals surface area (Å²) in [5.74, 6) is 0.440. The van der Waals surface area contributed by atoms with Gasteiger partial charge in [-0.05, 0) is 61.3 Å². The molecule has 2 aromatic carbocycles. The zero-order chi connectivity index (χ0) is 16.9. The Morgan fingerprint density at radius 3 is 2.46 bits per heavy atom. The van der Waals surface area contributed by atoms with Crippen molar-refractivity contribution in [3.63, 3.8) is 0 Å². The van der Waals surface area contributed by atoms with Crippen LogP contribution in [0.2, 0.25) is 5.02 Å². The molecule has 0 saturated heterocycles. The van der Waals surface area contributed by atoms with Crippen LogP contribution in [0.25, 0.3) is 0 Å². The van der Waals surface area contributed by atoms with E-state index in [4.69, 9.17) is 11.6 Å². The van der Waals surface area contributed by atoms with Crippen molar-refractivity contribution in [3.8, 4) is 0 Å². The molecule has 2 nitrogen and oxygen atoms in total. The molecule has 1 fully saturated rings. The van der Waals surface area contributed by atoms with Crippen LogP contribution in [0.4, 0.5) is 10.1 Å². The lowest BCUT2D eigenvalue weighted by molar-refractivity contribution is -0.117. The summed E-state index contributed by atoms with van der Waals surface area (Å²) in [6, 6.07) is 14.9. The molecular weight excluding hydrogens is 325 g/mol. The molecule has 4 heteroatoms. The molecule has 0 atom stereocenters. The quantitative estimate of drug-likeness (QED) is 0.747. The van der Waals surface area contributed by atoms with Crippen molar-refractivity contribution >= 4 is 23.2 Å². The Morgan fingerprint density at radius 1 is 1.08 bits per heavy atom. The van der Waals surface area contributed by atoms with Crippen LogP contribution in [0, 0.1) is 11.7 Å². The number of carbonyl (C=O) groups excluding carboxylic acids is 1. The number of amides is 1. The summed E-state index contributed by atoms with van der Waals surface area (Å²) >= 11 is 5.65.